The molecule has 0 aliphatic carbocycles. The Morgan fingerprint density at radius 2 is 2.08 bits per heavy atom. The number of sulfonamides is 1. The van der Waals surface area contributed by atoms with Gasteiger partial charge in [0.2, 0.25) is 5.91 Å². The molecule has 2 aliphatic rings. The summed E-state index contributed by atoms with van der Waals surface area (Å²) in [5.74, 6) is 0.00764. The molecule has 1 aromatic rings. The Labute approximate surface area is 166 Å². The van der Waals surface area contributed by atoms with Crippen molar-refractivity contribution in [1.82, 2.24) is 9.21 Å². The average molecular weight is 467 g/mol. The number of hydrogen-bond donors (Lipinski definition) is 0. The molecule has 3 rings (SSSR count). The Bertz CT molecular complexity index is 710. The number of carbonyl (C=O) groups excluding carboxylic acids is 1. The van der Waals surface area contributed by atoms with Gasteiger partial charge in [0.15, 0.2) is 0 Å². The number of piperazine rings is 1. The van der Waals surface area contributed by atoms with Gasteiger partial charge in [-0.15, -0.1) is 11.3 Å². The van der Waals surface area contributed by atoms with Crippen molar-refractivity contribution in [2.45, 2.75) is 29.6 Å². The molecule has 1 atom stereocenters. The van der Waals surface area contributed by atoms with Crippen LogP contribution in [0.2, 0.25) is 0 Å². The van der Waals surface area contributed by atoms with Crippen LogP contribution in [-0.4, -0.2) is 75.6 Å². The summed E-state index contributed by atoms with van der Waals surface area (Å²) in [5.41, 5.74) is 0. The minimum absolute atomic E-state index is 0.00764. The third kappa shape index (κ3) is 5.05. The zero-order valence-corrected chi connectivity index (χ0v) is 17.7. The lowest BCUT2D eigenvalue weighted by molar-refractivity contribution is -0.133. The fourth-order valence-electron chi connectivity index (χ4n) is 3.05. The molecule has 0 bridgehead atoms. The SMILES string of the molecule is O=C(CCOCC1CCCO1)N1CCN(S(=O)(=O)c2ccc(Br)s2)CC1. The summed E-state index contributed by atoms with van der Waals surface area (Å²) < 4.78 is 38.8. The molecule has 0 N–H and O–H groups in total. The molecule has 0 saturated carbocycles. The molecule has 1 amide bonds. The number of ether oxygens (including phenoxy) is 2. The third-order valence-corrected chi connectivity index (χ3v) is 8.51. The monoisotopic (exact) mass is 466 g/mol. The van der Waals surface area contributed by atoms with Gasteiger partial charge in [-0.1, -0.05) is 0 Å². The zero-order chi connectivity index (χ0) is 18.6. The first-order chi connectivity index (χ1) is 12.5. The fourth-order valence-corrected chi connectivity index (χ4v) is 6.64. The molecule has 2 aliphatic heterocycles. The van der Waals surface area contributed by atoms with Crippen molar-refractivity contribution in [3.8, 4) is 0 Å². The summed E-state index contributed by atoms with van der Waals surface area (Å²) >= 11 is 4.49. The molecule has 26 heavy (non-hydrogen) atoms. The van der Waals surface area contributed by atoms with E-state index in [0.29, 0.717) is 50.0 Å². The van der Waals surface area contributed by atoms with Crippen LogP contribution in [0.4, 0.5) is 0 Å². The number of halogens is 1. The summed E-state index contributed by atoms with van der Waals surface area (Å²) in [4.78, 5) is 14.0. The van der Waals surface area contributed by atoms with E-state index in [1.807, 2.05) is 0 Å². The van der Waals surface area contributed by atoms with Crippen LogP contribution in [0.5, 0.6) is 0 Å². The normalized spacial score (nSPS) is 22.0. The Morgan fingerprint density at radius 3 is 2.69 bits per heavy atom. The maximum atomic E-state index is 12.6. The molecule has 2 saturated heterocycles. The summed E-state index contributed by atoms with van der Waals surface area (Å²) in [6, 6.07) is 3.33. The van der Waals surface area contributed by atoms with Crippen LogP contribution in [-0.2, 0) is 24.3 Å². The number of carbonyl (C=O) groups is 1. The Kier molecular flexibility index (Phi) is 7.09. The molecule has 1 unspecified atom stereocenters. The fraction of sp³-hybridized carbons (Fsp3) is 0.688. The van der Waals surface area contributed by atoms with Gasteiger partial charge in [-0.3, -0.25) is 4.79 Å². The standard InChI is InChI=1S/C16H23BrN2O5S2/c17-14-3-4-16(25-14)26(21,22)19-8-6-18(7-9-19)15(20)5-11-23-12-13-2-1-10-24-13/h3-4,13H,1-2,5-12H2. The summed E-state index contributed by atoms with van der Waals surface area (Å²) in [6.45, 7) is 3.17. The topological polar surface area (TPSA) is 76.2 Å². The molecule has 0 spiro atoms. The van der Waals surface area contributed by atoms with Gasteiger partial charge in [-0.2, -0.15) is 4.31 Å². The second kappa shape index (κ2) is 9.11. The Balaban J connectivity index is 1.40. The molecular weight excluding hydrogens is 444 g/mol. The molecule has 7 nitrogen and oxygen atoms in total. The molecule has 10 heteroatoms. The lowest BCUT2D eigenvalue weighted by atomic mass is 10.2. The van der Waals surface area contributed by atoms with E-state index in [4.69, 9.17) is 9.47 Å². The third-order valence-electron chi connectivity index (χ3n) is 4.52. The van der Waals surface area contributed by atoms with Crippen molar-refractivity contribution in [3.05, 3.63) is 15.9 Å². The number of hydrogen-bond acceptors (Lipinski definition) is 6. The van der Waals surface area contributed by atoms with E-state index in [2.05, 4.69) is 15.9 Å². The highest BCUT2D eigenvalue weighted by Gasteiger charge is 2.31. The summed E-state index contributed by atoms with van der Waals surface area (Å²) in [7, 11) is -3.48. The Morgan fingerprint density at radius 1 is 1.31 bits per heavy atom. The first-order valence-electron chi connectivity index (χ1n) is 8.69. The van der Waals surface area contributed by atoms with Crippen LogP contribution < -0.4 is 0 Å². The van der Waals surface area contributed by atoms with E-state index in [1.54, 1.807) is 17.0 Å². The van der Waals surface area contributed by atoms with Crippen molar-refractivity contribution in [3.63, 3.8) is 0 Å². The minimum atomic E-state index is -3.48. The van der Waals surface area contributed by atoms with E-state index in [0.717, 1.165) is 23.2 Å². The van der Waals surface area contributed by atoms with Gasteiger partial charge >= 0.3 is 0 Å². The molecule has 0 radical (unpaired) electrons. The van der Waals surface area contributed by atoms with E-state index in [9.17, 15) is 13.2 Å². The quantitative estimate of drug-likeness (QED) is 0.573. The predicted molar refractivity (Wildman–Crippen MR) is 102 cm³/mol. The van der Waals surface area contributed by atoms with Gasteiger partial charge < -0.3 is 14.4 Å². The molecule has 2 fully saturated rings. The predicted octanol–water partition coefficient (Wildman–Crippen LogP) is 1.93. The first-order valence-corrected chi connectivity index (χ1v) is 11.7. The number of nitrogens with zero attached hydrogens (tertiary/aromatic N) is 2. The molecular formula is C16H23BrN2O5S2. The lowest BCUT2D eigenvalue weighted by Gasteiger charge is -2.33. The number of rotatable bonds is 7. The average Bonchev–Trinajstić information content (AvgIpc) is 3.30. The van der Waals surface area contributed by atoms with Crippen LogP contribution in [0.1, 0.15) is 19.3 Å². The second-order valence-electron chi connectivity index (χ2n) is 6.30. The first kappa shape index (κ1) is 20.2. The highest BCUT2D eigenvalue weighted by molar-refractivity contribution is 9.11. The maximum Gasteiger partial charge on any atom is 0.252 e. The van der Waals surface area contributed by atoms with Crippen LogP contribution >= 0.6 is 27.3 Å². The van der Waals surface area contributed by atoms with E-state index < -0.39 is 10.0 Å². The van der Waals surface area contributed by atoms with E-state index in [-0.39, 0.29) is 12.0 Å². The van der Waals surface area contributed by atoms with Crippen molar-refractivity contribution >= 4 is 43.2 Å². The van der Waals surface area contributed by atoms with Crippen molar-refractivity contribution in [2.75, 3.05) is 46.0 Å². The second-order valence-corrected chi connectivity index (χ2v) is 10.9. The highest BCUT2D eigenvalue weighted by atomic mass is 79.9. The smallest absolute Gasteiger partial charge is 0.252 e. The van der Waals surface area contributed by atoms with Gasteiger partial charge in [-0.05, 0) is 40.9 Å². The molecule has 0 aromatic carbocycles. The van der Waals surface area contributed by atoms with Gasteiger partial charge in [0.05, 0.1) is 29.5 Å². The molecule has 1 aromatic heterocycles. The summed E-state index contributed by atoms with van der Waals surface area (Å²) in [5, 5.41) is 0. The molecule has 146 valence electrons. The summed E-state index contributed by atoms with van der Waals surface area (Å²) in [6.07, 6.45) is 2.57. The largest absolute Gasteiger partial charge is 0.378 e. The van der Waals surface area contributed by atoms with Gasteiger partial charge in [0.25, 0.3) is 10.0 Å². The van der Waals surface area contributed by atoms with Crippen LogP contribution in [0, 0.1) is 0 Å². The van der Waals surface area contributed by atoms with Gasteiger partial charge in [0.1, 0.15) is 4.21 Å². The number of thiophene rings is 1. The van der Waals surface area contributed by atoms with Crippen LogP contribution in [0.25, 0.3) is 0 Å². The lowest BCUT2D eigenvalue weighted by Crippen LogP contribution is -2.50. The highest BCUT2D eigenvalue weighted by Crippen LogP contribution is 2.29. The van der Waals surface area contributed by atoms with Crippen LogP contribution in [0.15, 0.2) is 20.1 Å². The minimum Gasteiger partial charge on any atom is -0.378 e. The van der Waals surface area contributed by atoms with Crippen LogP contribution in [0.3, 0.4) is 0 Å². The van der Waals surface area contributed by atoms with Crippen molar-refractivity contribution < 1.29 is 22.7 Å². The Hall–Kier alpha value is -0.520. The maximum absolute atomic E-state index is 12.6. The van der Waals surface area contributed by atoms with Crippen molar-refractivity contribution in [1.29, 1.82) is 0 Å². The van der Waals surface area contributed by atoms with Gasteiger partial charge in [-0.25, -0.2) is 8.42 Å². The van der Waals surface area contributed by atoms with Gasteiger partial charge in [0, 0.05) is 32.8 Å². The van der Waals surface area contributed by atoms with Crippen molar-refractivity contribution in [2.24, 2.45) is 0 Å². The zero-order valence-electron chi connectivity index (χ0n) is 14.4. The molecule has 3 heterocycles. The number of amides is 1. The van der Waals surface area contributed by atoms with E-state index in [1.165, 1.54) is 15.6 Å². The van der Waals surface area contributed by atoms with E-state index >= 15 is 0 Å².